The van der Waals surface area contributed by atoms with Crippen molar-refractivity contribution in [3.63, 3.8) is 0 Å². The second-order valence-corrected chi connectivity index (χ2v) is 13.7. The van der Waals surface area contributed by atoms with Crippen molar-refractivity contribution < 1.29 is 17.9 Å². The van der Waals surface area contributed by atoms with Gasteiger partial charge >= 0.3 is 0 Å². The number of sulfonamides is 1. The van der Waals surface area contributed by atoms with Crippen molar-refractivity contribution in [2.24, 2.45) is 0 Å². The first-order valence-electron chi connectivity index (χ1n) is 13.5. The van der Waals surface area contributed by atoms with E-state index in [9.17, 15) is 13.2 Å². The number of hydrogen-bond donors (Lipinski definition) is 0. The minimum Gasteiger partial charge on any atom is -0.376 e. The van der Waals surface area contributed by atoms with Gasteiger partial charge in [-0.2, -0.15) is 9.40 Å². The monoisotopic (exact) mass is 594 g/mol. The fourth-order valence-electron chi connectivity index (χ4n) is 5.28. The van der Waals surface area contributed by atoms with Gasteiger partial charge in [-0.1, -0.05) is 60.7 Å². The fourth-order valence-corrected chi connectivity index (χ4v) is 8.11. The summed E-state index contributed by atoms with van der Waals surface area (Å²) in [7, 11) is -3.62. The smallest absolute Gasteiger partial charge is 0.266 e. The number of ether oxygens (including phenoxy) is 1. The van der Waals surface area contributed by atoms with Gasteiger partial charge in [0.25, 0.3) is 5.91 Å². The number of nitrogens with zero attached hydrogens (tertiary/aromatic N) is 4. The van der Waals surface area contributed by atoms with Crippen LogP contribution in [0.15, 0.2) is 70.6 Å². The molecule has 4 heterocycles. The number of para-hydroxylation sites is 1. The highest BCUT2D eigenvalue weighted by atomic mass is 32.2. The molecule has 0 aliphatic carbocycles. The number of carbonyl (C=O) groups is 1. The van der Waals surface area contributed by atoms with Gasteiger partial charge < -0.3 is 4.74 Å². The normalized spacial score (nSPS) is 21.6. The van der Waals surface area contributed by atoms with Crippen molar-refractivity contribution in [1.29, 1.82) is 0 Å². The lowest BCUT2D eigenvalue weighted by Gasteiger charge is -2.26. The van der Waals surface area contributed by atoms with Crippen LogP contribution in [0, 0.1) is 0 Å². The molecule has 8 nitrogen and oxygen atoms in total. The van der Waals surface area contributed by atoms with Gasteiger partial charge in [0.15, 0.2) is 0 Å². The molecule has 1 atom stereocenters. The molecule has 1 amide bonds. The Hall–Kier alpha value is -2.83. The predicted molar refractivity (Wildman–Crippen MR) is 160 cm³/mol. The summed E-state index contributed by atoms with van der Waals surface area (Å²) in [5.74, 6) is -0.148. The van der Waals surface area contributed by atoms with Gasteiger partial charge in [-0.3, -0.25) is 9.69 Å². The molecule has 3 aliphatic rings. The summed E-state index contributed by atoms with van der Waals surface area (Å²) >= 11 is 6.82. The number of piperidine rings is 1. The number of aromatic nitrogens is 2. The molecule has 208 valence electrons. The van der Waals surface area contributed by atoms with E-state index in [-0.39, 0.29) is 16.9 Å². The van der Waals surface area contributed by atoms with Gasteiger partial charge in [-0.05, 0) is 56.0 Å². The largest absolute Gasteiger partial charge is 0.376 e. The molecule has 1 aromatic heterocycles. The number of carbonyl (C=O) groups excluding carboxylic acids is 1. The third-order valence-electron chi connectivity index (χ3n) is 7.39. The molecule has 0 saturated carbocycles. The van der Waals surface area contributed by atoms with Gasteiger partial charge in [-0.25, -0.2) is 13.1 Å². The molecule has 0 spiro atoms. The molecular weight excluding hydrogens is 565 g/mol. The molecule has 3 saturated heterocycles. The number of hydrogen-bond acceptors (Lipinski definition) is 7. The van der Waals surface area contributed by atoms with Crippen LogP contribution in [-0.4, -0.2) is 70.0 Å². The summed E-state index contributed by atoms with van der Waals surface area (Å²) in [6.07, 6.45) is 8.37. The Kier molecular flexibility index (Phi) is 7.91. The minimum atomic E-state index is -3.62. The van der Waals surface area contributed by atoms with Crippen molar-refractivity contribution in [3.05, 3.63) is 71.3 Å². The SMILES string of the molecule is O=C1/C(=C/c2cn(-c3ccccc3)nc2-c2cccc(S(=O)(=O)N3CCCCC3)c2)SC(=S)N1CC1CCCO1. The molecule has 0 radical (unpaired) electrons. The first kappa shape index (κ1) is 27.3. The van der Waals surface area contributed by atoms with E-state index >= 15 is 0 Å². The van der Waals surface area contributed by atoms with Crippen LogP contribution in [0.1, 0.15) is 37.7 Å². The summed E-state index contributed by atoms with van der Waals surface area (Å²) in [4.78, 5) is 15.7. The van der Waals surface area contributed by atoms with Crippen LogP contribution < -0.4 is 0 Å². The predicted octanol–water partition coefficient (Wildman–Crippen LogP) is 5.09. The fraction of sp³-hybridized carbons (Fsp3) is 0.345. The van der Waals surface area contributed by atoms with E-state index in [1.54, 1.807) is 32.1 Å². The first-order valence-corrected chi connectivity index (χ1v) is 16.2. The zero-order valence-electron chi connectivity index (χ0n) is 21.9. The second kappa shape index (κ2) is 11.6. The molecule has 0 bridgehead atoms. The Bertz CT molecular complexity index is 1560. The van der Waals surface area contributed by atoms with Crippen molar-refractivity contribution >= 4 is 50.3 Å². The van der Waals surface area contributed by atoms with E-state index in [0.717, 1.165) is 37.8 Å². The molecular formula is C29H30N4O4S3. The van der Waals surface area contributed by atoms with Crippen molar-refractivity contribution in [3.8, 4) is 16.9 Å². The molecule has 6 rings (SSSR count). The van der Waals surface area contributed by atoms with Crippen molar-refractivity contribution in [1.82, 2.24) is 19.0 Å². The molecule has 40 heavy (non-hydrogen) atoms. The maximum Gasteiger partial charge on any atom is 0.266 e. The summed E-state index contributed by atoms with van der Waals surface area (Å²) in [6, 6.07) is 16.6. The Morgan fingerprint density at radius 1 is 1.05 bits per heavy atom. The zero-order valence-corrected chi connectivity index (χ0v) is 24.4. The lowest BCUT2D eigenvalue weighted by Crippen LogP contribution is -2.35. The van der Waals surface area contributed by atoms with Crippen molar-refractivity contribution in [2.45, 2.75) is 43.1 Å². The zero-order chi connectivity index (χ0) is 27.7. The Morgan fingerprint density at radius 3 is 2.60 bits per heavy atom. The van der Waals surface area contributed by atoms with E-state index in [2.05, 4.69) is 0 Å². The van der Waals surface area contributed by atoms with Crippen LogP contribution in [0.2, 0.25) is 0 Å². The maximum absolute atomic E-state index is 13.4. The summed E-state index contributed by atoms with van der Waals surface area (Å²) in [5, 5.41) is 4.85. The molecule has 3 aromatic rings. The average molecular weight is 595 g/mol. The van der Waals surface area contributed by atoms with Gasteiger partial charge in [-0.15, -0.1) is 0 Å². The van der Waals surface area contributed by atoms with Gasteiger partial charge in [0, 0.05) is 37.0 Å². The van der Waals surface area contributed by atoms with E-state index < -0.39 is 10.0 Å². The van der Waals surface area contributed by atoms with Crippen LogP contribution in [0.25, 0.3) is 23.0 Å². The molecule has 1 unspecified atom stereocenters. The molecule has 11 heteroatoms. The molecule has 0 N–H and O–H groups in total. The van der Waals surface area contributed by atoms with E-state index in [0.29, 0.717) is 52.3 Å². The van der Waals surface area contributed by atoms with E-state index in [4.69, 9.17) is 22.1 Å². The highest BCUT2D eigenvalue weighted by Crippen LogP contribution is 2.36. The summed E-state index contributed by atoms with van der Waals surface area (Å²) in [5.41, 5.74) is 2.80. The van der Waals surface area contributed by atoms with E-state index in [1.165, 1.54) is 11.8 Å². The van der Waals surface area contributed by atoms with Crippen LogP contribution in [0.3, 0.4) is 0 Å². The van der Waals surface area contributed by atoms with Gasteiger partial charge in [0.2, 0.25) is 10.0 Å². The Morgan fingerprint density at radius 2 is 1.85 bits per heavy atom. The highest BCUT2D eigenvalue weighted by Gasteiger charge is 2.35. The van der Waals surface area contributed by atoms with Crippen LogP contribution >= 0.6 is 24.0 Å². The topological polar surface area (TPSA) is 84.7 Å². The lowest BCUT2D eigenvalue weighted by molar-refractivity contribution is -0.123. The van der Waals surface area contributed by atoms with Crippen molar-refractivity contribution in [2.75, 3.05) is 26.2 Å². The highest BCUT2D eigenvalue weighted by molar-refractivity contribution is 8.26. The number of amides is 1. The van der Waals surface area contributed by atoms with Crippen LogP contribution in [0.4, 0.5) is 0 Å². The molecule has 2 aromatic carbocycles. The van der Waals surface area contributed by atoms with Gasteiger partial charge in [0.1, 0.15) is 10.0 Å². The summed E-state index contributed by atoms with van der Waals surface area (Å²) < 4.78 is 36.4. The number of rotatable bonds is 7. The number of thioether (sulfide) groups is 1. The van der Waals surface area contributed by atoms with Gasteiger partial charge in [0.05, 0.1) is 28.1 Å². The third-order valence-corrected chi connectivity index (χ3v) is 10.7. The van der Waals surface area contributed by atoms with E-state index in [1.807, 2.05) is 48.7 Å². The Balaban J connectivity index is 1.38. The number of benzene rings is 2. The average Bonchev–Trinajstić information content (AvgIpc) is 3.72. The van der Waals surface area contributed by atoms with Crippen LogP contribution in [-0.2, 0) is 19.6 Å². The molecule has 3 fully saturated rings. The second-order valence-electron chi connectivity index (χ2n) is 10.1. The first-order chi connectivity index (χ1) is 19.4. The number of thiocarbonyl (C=S) groups is 1. The summed E-state index contributed by atoms with van der Waals surface area (Å²) in [6.45, 7) is 2.24. The maximum atomic E-state index is 13.4. The minimum absolute atomic E-state index is 0.00262. The standard InChI is InChI=1S/C29H30N4O4S3/c34-28-26(39-29(38)32(28)20-24-12-8-16-37-24)18-22-19-33(23-10-3-1-4-11-23)30-27(22)21-9-7-13-25(17-21)40(35,36)31-14-5-2-6-15-31/h1,3-4,7,9-11,13,17-19,24H,2,5-6,8,12,14-16,20H2/b26-18-. The quantitative estimate of drug-likeness (QED) is 0.278. The lowest BCUT2D eigenvalue weighted by atomic mass is 10.1. The third kappa shape index (κ3) is 5.53. The Labute approximate surface area is 244 Å². The van der Waals surface area contributed by atoms with Crippen LogP contribution in [0.5, 0.6) is 0 Å². The molecule has 3 aliphatic heterocycles.